The number of amides is 1. The fourth-order valence-corrected chi connectivity index (χ4v) is 4.34. The van der Waals surface area contributed by atoms with Crippen LogP contribution in [0.5, 0.6) is 0 Å². The molecular weight excluding hydrogens is 291 g/mol. The fourth-order valence-electron chi connectivity index (χ4n) is 4.34. The Kier molecular flexibility index (Phi) is 5.00. The second kappa shape index (κ2) is 7.00. The number of carbonyl (C=O) groups is 1. The van der Waals surface area contributed by atoms with Gasteiger partial charge in [-0.2, -0.15) is 0 Å². The molecule has 1 aromatic carbocycles. The summed E-state index contributed by atoms with van der Waals surface area (Å²) in [6.45, 7) is 4.72. The lowest BCUT2D eigenvalue weighted by Gasteiger charge is -2.39. The Labute approximate surface area is 138 Å². The highest BCUT2D eigenvalue weighted by Crippen LogP contribution is 2.42. The van der Waals surface area contributed by atoms with Gasteiger partial charge in [-0.15, -0.1) is 0 Å². The highest BCUT2D eigenvalue weighted by Gasteiger charge is 2.37. The summed E-state index contributed by atoms with van der Waals surface area (Å²) in [6.07, 6.45) is 6.98. The Morgan fingerprint density at radius 1 is 1.22 bits per heavy atom. The van der Waals surface area contributed by atoms with Crippen LogP contribution in [-0.4, -0.2) is 36.5 Å². The van der Waals surface area contributed by atoms with Crippen LogP contribution >= 0.6 is 0 Å². The van der Waals surface area contributed by atoms with Crippen molar-refractivity contribution in [3.8, 4) is 0 Å². The lowest BCUT2D eigenvalue weighted by atomic mass is 9.78. The summed E-state index contributed by atoms with van der Waals surface area (Å²) in [6, 6.07) is 7.47. The van der Waals surface area contributed by atoms with E-state index in [-0.39, 0.29) is 17.1 Å². The van der Waals surface area contributed by atoms with Gasteiger partial charge in [-0.05, 0) is 43.4 Å². The minimum Gasteiger partial charge on any atom is -0.354 e. The maximum atomic E-state index is 13.3. The van der Waals surface area contributed by atoms with Crippen molar-refractivity contribution in [3.63, 3.8) is 0 Å². The summed E-state index contributed by atoms with van der Waals surface area (Å²) >= 11 is 0. The summed E-state index contributed by atoms with van der Waals surface area (Å²) in [7, 11) is 0. The number of nitrogens with zero attached hydrogens (tertiary/aromatic N) is 1. The van der Waals surface area contributed by atoms with E-state index in [2.05, 4.69) is 10.2 Å². The third-order valence-electron chi connectivity index (χ3n) is 5.54. The van der Waals surface area contributed by atoms with Crippen molar-refractivity contribution in [2.75, 3.05) is 19.6 Å². The summed E-state index contributed by atoms with van der Waals surface area (Å²) in [5, 5.41) is 3.04. The Morgan fingerprint density at radius 2 is 1.83 bits per heavy atom. The van der Waals surface area contributed by atoms with Gasteiger partial charge in [-0.3, -0.25) is 4.79 Å². The van der Waals surface area contributed by atoms with E-state index in [1.807, 2.05) is 12.1 Å². The molecule has 0 bridgehead atoms. The van der Waals surface area contributed by atoms with Gasteiger partial charge < -0.3 is 10.2 Å². The predicted octanol–water partition coefficient (Wildman–Crippen LogP) is 3.24. The number of halogens is 1. The number of hydrogen-bond donors (Lipinski definition) is 1. The molecule has 3 nitrogen and oxygen atoms in total. The van der Waals surface area contributed by atoms with Crippen LogP contribution in [0.2, 0.25) is 0 Å². The average molecular weight is 318 g/mol. The van der Waals surface area contributed by atoms with Gasteiger partial charge in [-0.1, -0.05) is 25.0 Å². The molecule has 0 aromatic heterocycles. The SMILES string of the molecule is CC(=O)NC1CCN(CC2(c3ccc(F)cc3)CCCC2)CC1. The molecule has 0 radical (unpaired) electrons. The van der Waals surface area contributed by atoms with Crippen molar-refractivity contribution in [3.05, 3.63) is 35.6 Å². The number of carbonyl (C=O) groups excluding carboxylic acids is 1. The zero-order valence-electron chi connectivity index (χ0n) is 14.0. The molecule has 0 atom stereocenters. The molecule has 1 N–H and O–H groups in total. The molecule has 1 aliphatic carbocycles. The van der Waals surface area contributed by atoms with E-state index in [9.17, 15) is 9.18 Å². The first-order valence-corrected chi connectivity index (χ1v) is 8.83. The molecule has 2 fully saturated rings. The molecule has 1 saturated heterocycles. The van der Waals surface area contributed by atoms with Crippen molar-refractivity contribution in [2.45, 2.75) is 56.9 Å². The minimum atomic E-state index is -0.155. The number of hydrogen-bond acceptors (Lipinski definition) is 2. The van der Waals surface area contributed by atoms with E-state index in [1.54, 1.807) is 19.1 Å². The van der Waals surface area contributed by atoms with Gasteiger partial charge in [0, 0.05) is 38.0 Å². The summed E-state index contributed by atoms with van der Waals surface area (Å²) in [5.41, 5.74) is 1.48. The van der Waals surface area contributed by atoms with Crippen molar-refractivity contribution in [1.29, 1.82) is 0 Å². The van der Waals surface area contributed by atoms with E-state index in [0.29, 0.717) is 6.04 Å². The number of nitrogens with one attached hydrogen (secondary N) is 1. The highest BCUT2D eigenvalue weighted by atomic mass is 19.1. The van der Waals surface area contributed by atoms with Gasteiger partial charge in [0.1, 0.15) is 5.82 Å². The molecule has 126 valence electrons. The first-order valence-electron chi connectivity index (χ1n) is 8.83. The number of benzene rings is 1. The molecule has 0 spiro atoms. The maximum Gasteiger partial charge on any atom is 0.217 e. The largest absolute Gasteiger partial charge is 0.354 e. The molecular formula is C19H27FN2O. The second-order valence-corrected chi connectivity index (χ2v) is 7.25. The van der Waals surface area contributed by atoms with E-state index in [0.717, 1.165) is 32.5 Å². The third-order valence-corrected chi connectivity index (χ3v) is 5.54. The van der Waals surface area contributed by atoms with E-state index in [1.165, 1.54) is 31.2 Å². The second-order valence-electron chi connectivity index (χ2n) is 7.25. The molecule has 3 rings (SSSR count). The summed E-state index contributed by atoms with van der Waals surface area (Å²) in [5.74, 6) is -0.0833. The Balaban J connectivity index is 1.64. The summed E-state index contributed by atoms with van der Waals surface area (Å²) < 4.78 is 13.3. The third kappa shape index (κ3) is 3.92. The smallest absolute Gasteiger partial charge is 0.217 e. The molecule has 1 aromatic rings. The molecule has 0 unspecified atom stereocenters. The van der Waals surface area contributed by atoms with Gasteiger partial charge in [0.2, 0.25) is 5.91 Å². The highest BCUT2D eigenvalue weighted by molar-refractivity contribution is 5.73. The van der Waals surface area contributed by atoms with Crippen LogP contribution in [0.4, 0.5) is 4.39 Å². The fraction of sp³-hybridized carbons (Fsp3) is 0.632. The van der Waals surface area contributed by atoms with Gasteiger partial charge in [0.05, 0.1) is 0 Å². The van der Waals surface area contributed by atoms with Crippen LogP contribution in [0.15, 0.2) is 24.3 Å². The lowest BCUT2D eigenvalue weighted by molar-refractivity contribution is -0.120. The normalized spacial score (nSPS) is 22.2. The monoisotopic (exact) mass is 318 g/mol. The van der Waals surface area contributed by atoms with Crippen LogP contribution in [0, 0.1) is 5.82 Å². The van der Waals surface area contributed by atoms with Gasteiger partial charge in [-0.25, -0.2) is 4.39 Å². The van der Waals surface area contributed by atoms with Crippen molar-refractivity contribution >= 4 is 5.91 Å². The molecule has 2 aliphatic rings. The number of piperidine rings is 1. The standard InChI is InChI=1S/C19H27FN2O/c1-15(23)21-18-8-12-22(13-9-18)14-19(10-2-3-11-19)16-4-6-17(20)7-5-16/h4-7,18H,2-3,8-14H2,1H3,(H,21,23). The molecule has 1 saturated carbocycles. The Morgan fingerprint density at radius 3 is 2.39 bits per heavy atom. The Bertz CT molecular complexity index is 529. The molecule has 1 aliphatic heterocycles. The van der Waals surface area contributed by atoms with E-state index in [4.69, 9.17) is 0 Å². The van der Waals surface area contributed by atoms with E-state index >= 15 is 0 Å². The van der Waals surface area contributed by atoms with Gasteiger partial charge in [0.25, 0.3) is 0 Å². The van der Waals surface area contributed by atoms with Crippen molar-refractivity contribution < 1.29 is 9.18 Å². The first kappa shape index (κ1) is 16.4. The molecule has 23 heavy (non-hydrogen) atoms. The number of rotatable bonds is 4. The van der Waals surface area contributed by atoms with Crippen LogP contribution in [-0.2, 0) is 10.2 Å². The zero-order valence-corrected chi connectivity index (χ0v) is 14.0. The van der Waals surface area contributed by atoms with Crippen LogP contribution < -0.4 is 5.32 Å². The van der Waals surface area contributed by atoms with Crippen LogP contribution in [0.25, 0.3) is 0 Å². The zero-order chi connectivity index (χ0) is 16.3. The van der Waals surface area contributed by atoms with Gasteiger partial charge in [0.15, 0.2) is 0 Å². The average Bonchev–Trinajstić information content (AvgIpc) is 2.99. The first-order chi connectivity index (χ1) is 11.1. The molecule has 4 heteroatoms. The topological polar surface area (TPSA) is 32.3 Å². The number of likely N-dealkylation sites (tertiary alicyclic amines) is 1. The quantitative estimate of drug-likeness (QED) is 0.924. The van der Waals surface area contributed by atoms with Crippen molar-refractivity contribution in [1.82, 2.24) is 10.2 Å². The molecule has 1 amide bonds. The minimum absolute atomic E-state index is 0.0713. The van der Waals surface area contributed by atoms with E-state index < -0.39 is 0 Å². The van der Waals surface area contributed by atoms with Crippen LogP contribution in [0.1, 0.15) is 51.0 Å². The summed E-state index contributed by atoms with van der Waals surface area (Å²) in [4.78, 5) is 13.7. The molecule has 1 heterocycles. The van der Waals surface area contributed by atoms with Gasteiger partial charge >= 0.3 is 0 Å². The predicted molar refractivity (Wildman–Crippen MR) is 89.8 cm³/mol. The lowest BCUT2D eigenvalue weighted by Crippen LogP contribution is -2.48. The van der Waals surface area contributed by atoms with Crippen LogP contribution in [0.3, 0.4) is 0 Å². The Hall–Kier alpha value is -1.42. The maximum absolute atomic E-state index is 13.3. The van der Waals surface area contributed by atoms with Crippen molar-refractivity contribution in [2.24, 2.45) is 0 Å².